The van der Waals surface area contributed by atoms with Crippen LogP contribution in [0.1, 0.15) is 23.7 Å². The highest BCUT2D eigenvalue weighted by molar-refractivity contribution is 7.96. The summed E-state index contributed by atoms with van der Waals surface area (Å²) >= 11 is 0. The molecule has 1 saturated heterocycles. The van der Waals surface area contributed by atoms with Crippen molar-refractivity contribution in [1.29, 1.82) is 0 Å². The lowest BCUT2D eigenvalue weighted by molar-refractivity contribution is -0.114. The van der Waals surface area contributed by atoms with Crippen molar-refractivity contribution >= 4 is 42.9 Å². The molecule has 3 rings (SSSR count). The van der Waals surface area contributed by atoms with Gasteiger partial charge in [0.05, 0.1) is 21.7 Å². The van der Waals surface area contributed by atoms with Crippen molar-refractivity contribution < 1.29 is 26.4 Å². The van der Waals surface area contributed by atoms with Crippen LogP contribution in [0.3, 0.4) is 0 Å². The van der Waals surface area contributed by atoms with Crippen molar-refractivity contribution in [2.45, 2.75) is 23.5 Å². The number of carbonyl (C=O) groups is 2. The molecule has 2 aromatic rings. The van der Waals surface area contributed by atoms with E-state index in [4.69, 9.17) is 0 Å². The van der Waals surface area contributed by atoms with Gasteiger partial charge in [0.1, 0.15) is 0 Å². The number of nitrogens with one attached hydrogen (secondary N) is 2. The Bertz CT molecular complexity index is 1160. The number of benzene rings is 2. The summed E-state index contributed by atoms with van der Waals surface area (Å²) < 4.78 is 48.8. The Morgan fingerprint density at radius 3 is 2.17 bits per heavy atom. The highest BCUT2D eigenvalue weighted by Gasteiger charge is 2.38. The Labute approximate surface area is 169 Å². The lowest BCUT2D eigenvalue weighted by Crippen LogP contribution is -2.23. The average molecular weight is 437 g/mol. The third kappa shape index (κ3) is 5.01. The number of amides is 2. The van der Waals surface area contributed by atoms with E-state index in [2.05, 4.69) is 10.6 Å². The van der Waals surface area contributed by atoms with Crippen molar-refractivity contribution in [3.8, 4) is 0 Å². The van der Waals surface area contributed by atoms with Crippen LogP contribution in [0.25, 0.3) is 0 Å². The first-order valence-corrected chi connectivity index (χ1v) is 12.2. The van der Waals surface area contributed by atoms with E-state index in [1.165, 1.54) is 31.2 Å². The molecule has 0 spiro atoms. The van der Waals surface area contributed by atoms with Crippen LogP contribution < -0.4 is 10.6 Å². The van der Waals surface area contributed by atoms with Gasteiger partial charge in [-0.25, -0.2) is 16.8 Å². The van der Waals surface area contributed by atoms with Gasteiger partial charge in [-0.15, -0.1) is 0 Å². The number of sulfone groups is 2. The van der Waals surface area contributed by atoms with Gasteiger partial charge in [0.2, 0.25) is 5.91 Å². The molecule has 1 fully saturated rings. The second-order valence-electron chi connectivity index (χ2n) is 6.81. The number of rotatable bonds is 5. The summed E-state index contributed by atoms with van der Waals surface area (Å²) in [5, 5.41) is 4.28. The summed E-state index contributed by atoms with van der Waals surface area (Å²) in [6.45, 7) is 1.39. The summed E-state index contributed by atoms with van der Waals surface area (Å²) in [5.74, 6) is -1.26. The third-order valence-corrected chi connectivity index (χ3v) is 8.69. The van der Waals surface area contributed by atoms with E-state index < -0.39 is 36.6 Å². The number of hydrogen-bond acceptors (Lipinski definition) is 6. The van der Waals surface area contributed by atoms with Crippen LogP contribution in [0.2, 0.25) is 0 Å². The normalized spacial score (nSPS) is 18.2. The first kappa shape index (κ1) is 21.0. The minimum atomic E-state index is -3.86. The predicted octanol–water partition coefficient (Wildman–Crippen LogP) is 1.86. The van der Waals surface area contributed by atoms with E-state index in [0.29, 0.717) is 11.4 Å². The maximum atomic E-state index is 12.8. The molecule has 29 heavy (non-hydrogen) atoms. The van der Waals surface area contributed by atoms with Crippen LogP contribution in [-0.4, -0.2) is 45.4 Å². The Hall–Kier alpha value is -2.72. The van der Waals surface area contributed by atoms with Crippen molar-refractivity contribution in [2.24, 2.45) is 0 Å². The van der Waals surface area contributed by atoms with Gasteiger partial charge in [0, 0.05) is 23.9 Å². The van der Waals surface area contributed by atoms with Crippen LogP contribution in [0, 0.1) is 0 Å². The fraction of sp³-hybridized carbons (Fsp3) is 0.263. The van der Waals surface area contributed by atoms with Gasteiger partial charge in [-0.1, -0.05) is 6.07 Å². The van der Waals surface area contributed by atoms with Gasteiger partial charge in [0.15, 0.2) is 19.7 Å². The molecular formula is C19H20N2O6S2. The Morgan fingerprint density at radius 2 is 1.62 bits per heavy atom. The van der Waals surface area contributed by atoms with E-state index in [1.807, 2.05) is 0 Å². The maximum Gasteiger partial charge on any atom is 0.255 e. The van der Waals surface area contributed by atoms with E-state index in [-0.39, 0.29) is 28.5 Å². The van der Waals surface area contributed by atoms with E-state index in [0.717, 1.165) is 0 Å². The van der Waals surface area contributed by atoms with E-state index in [9.17, 15) is 26.4 Å². The Kier molecular flexibility index (Phi) is 5.76. The lowest BCUT2D eigenvalue weighted by Gasteiger charge is -2.12. The van der Waals surface area contributed by atoms with Crippen LogP contribution in [0.4, 0.5) is 11.4 Å². The maximum absolute atomic E-state index is 12.8. The monoisotopic (exact) mass is 436 g/mol. The van der Waals surface area contributed by atoms with Gasteiger partial charge in [-0.2, -0.15) is 0 Å². The third-order valence-electron chi connectivity index (χ3n) is 4.52. The quantitative estimate of drug-likeness (QED) is 0.737. The molecule has 1 heterocycles. The Morgan fingerprint density at radius 1 is 1.00 bits per heavy atom. The lowest BCUT2D eigenvalue weighted by atomic mass is 10.2. The molecule has 0 radical (unpaired) electrons. The molecule has 0 aromatic heterocycles. The molecule has 2 N–H and O–H groups in total. The average Bonchev–Trinajstić information content (AvgIpc) is 3.03. The smallest absolute Gasteiger partial charge is 0.255 e. The Balaban J connectivity index is 1.77. The summed E-state index contributed by atoms with van der Waals surface area (Å²) in [4.78, 5) is 23.5. The second-order valence-corrected chi connectivity index (χ2v) is 11.3. The molecule has 0 unspecified atom stereocenters. The number of carbonyl (C=O) groups excluding carboxylic acids is 2. The first-order chi connectivity index (χ1) is 13.6. The molecule has 1 aliphatic heterocycles. The molecule has 2 aromatic carbocycles. The molecule has 1 aliphatic rings. The highest BCUT2D eigenvalue weighted by Crippen LogP contribution is 2.26. The molecule has 1 atom stereocenters. The molecule has 154 valence electrons. The van der Waals surface area contributed by atoms with Crippen LogP contribution in [-0.2, 0) is 24.5 Å². The van der Waals surface area contributed by atoms with Crippen molar-refractivity contribution in [3.05, 3.63) is 54.1 Å². The van der Waals surface area contributed by atoms with Gasteiger partial charge < -0.3 is 10.6 Å². The molecule has 0 bridgehead atoms. The van der Waals surface area contributed by atoms with Gasteiger partial charge >= 0.3 is 0 Å². The molecule has 0 aliphatic carbocycles. The number of hydrogen-bond donors (Lipinski definition) is 2. The molecule has 2 amide bonds. The second kappa shape index (κ2) is 7.96. The minimum absolute atomic E-state index is 0.0573. The standard InChI is InChI=1S/C19H20N2O6S2/c1-13(22)20-15-5-7-16(8-6-15)21-19(23)14-3-2-4-17(11-14)29(26,27)18-9-10-28(24,25)12-18/h2-8,11,18H,9-10,12H2,1H3,(H,20,22)(H,21,23)/t18-/m1/s1. The van der Waals surface area contributed by atoms with E-state index in [1.54, 1.807) is 24.3 Å². The summed E-state index contributed by atoms with van der Waals surface area (Å²) in [6, 6.07) is 12.0. The van der Waals surface area contributed by atoms with E-state index >= 15 is 0 Å². The molecular weight excluding hydrogens is 416 g/mol. The topological polar surface area (TPSA) is 126 Å². The zero-order valence-electron chi connectivity index (χ0n) is 15.6. The fourth-order valence-corrected chi connectivity index (χ4v) is 7.46. The van der Waals surface area contributed by atoms with Crippen LogP contribution in [0.5, 0.6) is 0 Å². The van der Waals surface area contributed by atoms with Crippen molar-refractivity contribution in [1.82, 2.24) is 0 Å². The summed E-state index contributed by atoms with van der Waals surface area (Å²) in [7, 11) is -7.20. The van der Waals surface area contributed by atoms with Gasteiger partial charge in [-0.05, 0) is 48.9 Å². The molecule has 8 nitrogen and oxygen atoms in total. The fourth-order valence-electron chi connectivity index (χ4n) is 3.06. The highest BCUT2D eigenvalue weighted by atomic mass is 32.2. The van der Waals surface area contributed by atoms with Crippen molar-refractivity contribution in [2.75, 3.05) is 22.1 Å². The van der Waals surface area contributed by atoms with Crippen LogP contribution in [0.15, 0.2) is 53.4 Å². The van der Waals surface area contributed by atoms with Gasteiger partial charge in [0.25, 0.3) is 5.91 Å². The summed E-state index contributed by atoms with van der Waals surface area (Å²) in [6.07, 6.45) is 0.0573. The van der Waals surface area contributed by atoms with Crippen molar-refractivity contribution in [3.63, 3.8) is 0 Å². The number of anilines is 2. The zero-order chi connectivity index (χ0) is 21.2. The predicted molar refractivity (Wildman–Crippen MR) is 109 cm³/mol. The first-order valence-electron chi connectivity index (χ1n) is 8.80. The molecule has 0 saturated carbocycles. The summed E-state index contributed by atoms with van der Waals surface area (Å²) in [5.41, 5.74) is 1.19. The minimum Gasteiger partial charge on any atom is -0.326 e. The van der Waals surface area contributed by atoms with Crippen LogP contribution >= 0.6 is 0 Å². The van der Waals surface area contributed by atoms with Gasteiger partial charge in [-0.3, -0.25) is 9.59 Å². The molecule has 10 heteroatoms. The zero-order valence-corrected chi connectivity index (χ0v) is 17.2. The SMILES string of the molecule is CC(=O)Nc1ccc(NC(=O)c2cccc(S(=O)(=O)[C@@H]3CCS(=O)(=O)C3)c2)cc1. The largest absolute Gasteiger partial charge is 0.326 e.